The zero-order chi connectivity index (χ0) is 40.1. The van der Waals surface area contributed by atoms with Gasteiger partial charge in [-0.3, -0.25) is 43.2 Å². The smallest absolute Gasteiger partial charge is 0.326 e. The highest BCUT2D eigenvalue weighted by Gasteiger charge is 2.34. The molecule has 0 aliphatic rings. The average Bonchev–Trinajstić information content (AvgIpc) is 3.05. The van der Waals surface area contributed by atoms with Gasteiger partial charge in [-0.2, -0.15) is 12.6 Å². The molecule has 0 bridgehead atoms. The molecular formula is C29H48N8O14S. The predicted octanol–water partition coefficient (Wildman–Crippen LogP) is -4.53. The van der Waals surface area contributed by atoms with Gasteiger partial charge in [0.15, 0.2) is 0 Å². The van der Waals surface area contributed by atoms with Gasteiger partial charge in [0.05, 0.1) is 25.4 Å². The molecular weight excluding hydrogens is 716 g/mol. The van der Waals surface area contributed by atoms with Crippen LogP contribution >= 0.6 is 12.6 Å². The van der Waals surface area contributed by atoms with Crippen molar-refractivity contribution in [1.29, 1.82) is 0 Å². The molecule has 0 saturated heterocycles. The molecule has 0 spiro atoms. The van der Waals surface area contributed by atoms with E-state index in [2.05, 4.69) is 39.2 Å². The molecule has 0 aliphatic heterocycles. The van der Waals surface area contributed by atoms with Crippen molar-refractivity contribution in [3.05, 3.63) is 0 Å². The Morgan fingerprint density at radius 2 is 1.13 bits per heavy atom. The molecule has 0 aromatic carbocycles. The maximum Gasteiger partial charge on any atom is 0.326 e. The van der Waals surface area contributed by atoms with Gasteiger partial charge in [0, 0.05) is 12.2 Å². The van der Waals surface area contributed by atoms with E-state index in [4.69, 9.17) is 16.6 Å². The maximum absolute atomic E-state index is 13.2. The molecule has 52 heavy (non-hydrogen) atoms. The minimum Gasteiger partial charge on any atom is -0.481 e. The monoisotopic (exact) mass is 764 g/mol. The summed E-state index contributed by atoms with van der Waals surface area (Å²) in [7, 11) is 0. The fourth-order valence-electron chi connectivity index (χ4n) is 4.28. The molecule has 0 heterocycles. The van der Waals surface area contributed by atoms with E-state index in [1.54, 1.807) is 0 Å². The lowest BCUT2D eigenvalue weighted by molar-refractivity contribution is -0.147. The van der Waals surface area contributed by atoms with E-state index in [9.17, 15) is 63.3 Å². The highest BCUT2D eigenvalue weighted by molar-refractivity contribution is 7.80. The Bertz CT molecular complexity index is 1320. The second-order valence-corrected chi connectivity index (χ2v) is 12.2. The van der Waals surface area contributed by atoms with Crippen LogP contribution in [0.4, 0.5) is 0 Å². The van der Waals surface area contributed by atoms with E-state index >= 15 is 0 Å². The lowest BCUT2D eigenvalue weighted by Crippen LogP contribution is -2.59. The van der Waals surface area contributed by atoms with Crippen molar-refractivity contribution in [3.8, 4) is 0 Å². The molecule has 6 amide bonds. The summed E-state index contributed by atoms with van der Waals surface area (Å²) in [5.74, 6) is -13.0. The van der Waals surface area contributed by atoms with Crippen LogP contribution < -0.4 is 43.4 Å². The Morgan fingerprint density at radius 1 is 0.615 bits per heavy atom. The molecule has 0 aromatic rings. The third-order valence-corrected chi connectivity index (χ3v) is 7.48. The van der Waals surface area contributed by atoms with Crippen LogP contribution in [0.3, 0.4) is 0 Å². The van der Waals surface area contributed by atoms with Crippen LogP contribution in [0.2, 0.25) is 0 Å². The van der Waals surface area contributed by atoms with Crippen molar-refractivity contribution in [3.63, 3.8) is 0 Å². The molecule has 14 N–H and O–H groups in total. The molecule has 0 aliphatic carbocycles. The molecule has 6 atom stereocenters. The predicted molar refractivity (Wildman–Crippen MR) is 181 cm³/mol. The lowest BCUT2D eigenvalue weighted by Gasteiger charge is -2.27. The number of nitrogens with one attached hydrogen (secondary N) is 6. The van der Waals surface area contributed by atoms with Gasteiger partial charge in [0.1, 0.15) is 30.2 Å². The number of amides is 6. The number of nitrogens with two attached hydrogens (primary N) is 2. The largest absolute Gasteiger partial charge is 0.481 e. The number of hydrogen-bond donors (Lipinski definition) is 13. The van der Waals surface area contributed by atoms with Gasteiger partial charge in [-0.15, -0.1) is 0 Å². The number of hydrogen-bond acceptors (Lipinski definition) is 13. The number of carbonyl (C=O) groups is 10. The van der Waals surface area contributed by atoms with Crippen LogP contribution in [0.5, 0.6) is 0 Å². The quantitative estimate of drug-likeness (QED) is 0.0291. The van der Waals surface area contributed by atoms with Crippen LogP contribution in [0.1, 0.15) is 58.8 Å². The van der Waals surface area contributed by atoms with E-state index in [1.807, 2.05) is 5.32 Å². The lowest BCUT2D eigenvalue weighted by atomic mass is 10.0. The first-order valence-electron chi connectivity index (χ1n) is 16.0. The van der Waals surface area contributed by atoms with Crippen molar-refractivity contribution >= 4 is 71.9 Å². The number of carbonyl (C=O) groups excluding carboxylic acids is 6. The average molecular weight is 765 g/mol. The van der Waals surface area contributed by atoms with E-state index in [0.29, 0.717) is 19.4 Å². The molecule has 294 valence electrons. The van der Waals surface area contributed by atoms with Gasteiger partial charge in [0.2, 0.25) is 35.4 Å². The first-order chi connectivity index (χ1) is 24.2. The van der Waals surface area contributed by atoms with Crippen molar-refractivity contribution in [2.24, 2.45) is 17.4 Å². The first-order valence-corrected chi connectivity index (χ1v) is 16.6. The Morgan fingerprint density at radius 3 is 1.63 bits per heavy atom. The zero-order valence-electron chi connectivity index (χ0n) is 28.6. The molecule has 0 aromatic heterocycles. The van der Waals surface area contributed by atoms with Crippen LogP contribution in [-0.4, -0.2) is 135 Å². The molecule has 6 unspecified atom stereocenters. The van der Waals surface area contributed by atoms with Crippen LogP contribution in [0.15, 0.2) is 0 Å². The van der Waals surface area contributed by atoms with Crippen molar-refractivity contribution < 1.29 is 68.4 Å². The van der Waals surface area contributed by atoms with E-state index < -0.39 is 134 Å². The summed E-state index contributed by atoms with van der Waals surface area (Å²) < 4.78 is 0. The highest BCUT2D eigenvalue weighted by atomic mass is 32.1. The number of carboxylic acid groups (broad SMARTS) is 4. The summed E-state index contributed by atoms with van der Waals surface area (Å²) in [6.45, 7) is 2.39. The summed E-state index contributed by atoms with van der Waals surface area (Å²) >= 11 is 3.93. The normalized spacial score (nSPS) is 14.3. The summed E-state index contributed by atoms with van der Waals surface area (Å²) in [5.41, 5.74) is 11.1. The number of thiol groups is 1. The minimum atomic E-state index is -1.87. The number of aliphatic carboxylic acids is 4. The van der Waals surface area contributed by atoms with E-state index in [0.717, 1.165) is 0 Å². The topological polar surface area (TPSA) is 376 Å². The van der Waals surface area contributed by atoms with Gasteiger partial charge in [0.25, 0.3) is 0 Å². The van der Waals surface area contributed by atoms with Crippen molar-refractivity contribution in [2.45, 2.75) is 95.0 Å². The van der Waals surface area contributed by atoms with Crippen molar-refractivity contribution in [1.82, 2.24) is 31.9 Å². The third kappa shape index (κ3) is 18.8. The van der Waals surface area contributed by atoms with Crippen LogP contribution in [0.25, 0.3) is 0 Å². The second-order valence-electron chi connectivity index (χ2n) is 11.8. The number of rotatable bonds is 26. The maximum atomic E-state index is 13.2. The van der Waals surface area contributed by atoms with Gasteiger partial charge in [-0.1, -0.05) is 13.8 Å². The molecule has 23 heteroatoms. The van der Waals surface area contributed by atoms with Gasteiger partial charge < -0.3 is 63.8 Å². The molecule has 0 rings (SSSR count). The van der Waals surface area contributed by atoms with Crippen molar-refractivity contribution in [2.75, 3.05) is 18.8 Å². The Balaban J connectivity index is 5.91. The summed E-state index contributed by atoms with van der Waals surface area (Å²) in [4.78, 5) is 122. The fourth-order valence-corrected chi connectivity index (χ4v) is 4.44. The number of unbranched alkanes of at least 4 members (excludes halogenated alkanes) is 1. The minimum absolute atomic E-state index is 0.0211. The first kappa shape index (κ1) is 47.0. The van der Waals surface area contributed by atoms with Crippen LogP contribution in [-0.2, 0) is 47.9 Å². The second kappa shape index (κ2) is 24.2. The summed E-state index contributed by atoms with van der Waals surface area (Å²) in [6.07, 6.45) is -2.26. The third-order valence-electron chi connectivity index (χ3n) is 7.09. The highest BCUT2D eigenvalue weighted by Crippen LogP contribution is 2.08. The Kier molecular flexibility index (Phi) is 21.9. The Hall–Kier alpha value is -5.03. The molecule has 0 saturated carbocycles. The fraction of sp³-hybridized carbons (Fsp3) is 0.655. The van der Waals surface area contributed by atoms with Gasteiger partial charge in [-0.05, 0) is 38.1 Å². The molecule has 22 nitrogen and oxygen atoms in total. The van der Waals surface area contributed by atoms with E-state index in [1.165, 1.54) is 13.8 Å². The van der Waals surface area contributed by atoms with E-state index in [-0.39, 0.29) is 12.2 Å². The Labute approximate surface area is 303 Å². The molecule has 0 radical (unpaired) electrons. The standard InChI is InChI=1S/C29H48N8O14S/c1-13(2)23(28(49)36-18(29(50)51)10-22(43)44)37-26(47)16(6-7-20(39)40)35-27(48)17(9-21(41)42)33-19(38)11-32-25(46)15(5-3-4-8-30)34-24(45)14(31)12-52/h13-18,23,52H,3-12,30-31H2,1-2H3,(H,32,46)(H,33,38)(H,34,45)(H,35,48)(H,36,49)(H,37,47)(H,39,40)(H,41,42)(H,43,44)(H,50,51). The molecule has 0 fully saturated rings. The number of carboxylic acids is 4. The van der Waals surface area contributed by atoms with Gasteiger partial charge >= 0.3 is 23.9 Å². The summed E-state index contributed by atoms with van der Waals surface area (Å²) in [6, 6.07) is -9.15. The van der Waals surface area contributed by atoms with Crippen LogP contribution in [0, 0.1) is 5.92 Å². The SMILES string of the molecule is CC(C)C(NC(=O)C(CCC(=O)O)NC(=O)C(CC(=O)O)NC(=O)CNC(=O)C(CCCCN)NC(=O)C(N)CS)C(=O)NC(CC(=O)O)C(=O)O. The van der Waals surface area contributed by atoms with Gasteiger partial charge in [-0.25, -0.2) is 4.79 Å². The summed E-state index contributed by atoms with van der Waals surface area (Å²) in [5, 5.41) is 49.9. The zero-order valence-corrected chi connectivity index (χ0v) is 29.5.